The van der Waals surface area contributed by atoms with Crippen LogP contribution in [-0.4, -0.2) is 58.7 Å². The lowest BCUT2D eigenvalue weighted by Gasteiger charge is -2.27. The number of carbonyl (C=O) groups excluding carboxylic acids is 3. The highest BCUT2D eigenvalue weighted by atomic mass is 35.5. The number of rotatable bonds is 6. The van der Waals surface area contributed by atoms with Gasteiger partial charge in [-0.15, -0.1) is 0 Å². The fourth-order valence-electron chi connectivity index (χ4n) is 5.02. The summed E-state index contributed by atoms with van der Waals surface area (Å²) in [7, 11) is 0. The van der Waals surface area contributed by atoms with E-state index in [4.69, 9.17) is 16.3 Å². The van der Waals surface area contributed by atoms with Gasteiger partial charge in [0.1, 0.15) is 11.6 Å². The van der Waals surface area contributed by atoms with Crippen LogP contribution in [0.5, 0.6) is 0 Å². The second kappa shape index (κ2) is 11.5. The number of anilines is 1. The number of benzene rings is 2. The average molecular weight is 557 g/mol. The Hall–Kier alpha value is -3.79. The normalized spacial score (nSPS) is 18.5. The predicted molar refractivity (Wildman–Crippen MR) is 146 cm³/mol. The number of nitrogens with zero attached hydrogens (tertiary/aromatic N) is 2. The Morgan fingerprint density at radius 3 is 2.49 bits per heavy atom. The van der Waals surface area contributed by atoms with Gasteiger partial charge in [0.15, 0.2) is 0 Å². The van der Waals surface area contributed by atoms with Crippen LogP contribution < -0.4 is 15.5 Å². The largest absolute Gasteiger partial charge is 0.465 e. The van der Waals surface area contributed by atoms with E-state index in [2.05, 4.69) is 10.6 Å². The van der Waals surface area contributed by atoms with Gasteiger partial charge in [0.25, 0.3) is 0 Å². The summed E-state index contributed by atoms with van der Waals surface area (Å²) in [6.07, 6.45) is -0.491. The topological polar surface area (TPSA) is 128 Å². The van der Waals surface area contributed by atoms with E-state index in [-0.39, 0.29) is 31.4 Å². The number of para-hydroxylation sites is 1. The number of alkyl carbamates (subject to hydrolysis) is 1. The number of ether oxygens (including phenoxy) is 1. The molecule has 11 heteroatoms. The monoisotopic (exact) mass is 556 g/mol. The molecular formula is C28H33ClN4O6. The van der Waals surface area contributed by atoms with Gasteiger partial charge in [-0.25, -0.2) is 9.59 Å². The highest BCUT2D eigenvalue weighted by Gasteiger charge is 2.42. The number of amides is 4. The zero-order chi connectivity index (χ0) is 28.3. The Morgan fingerprint density at radius 1 is 1.05 bits per heavy atom. The SMILES string of the molecule is CC(C)(C)OC(=O)NCc1ccc(Cl)cc1CNC(=O)[C@@H]1CCCN1C(=O)C1CN(C(=O)O)c2ccccc21. The molecule has 0 saturated carbocycles. The van der Waals surface area contributed by atoms with Gasteiger partial charge in [-0.1, -0.05) is 35.9 Å². The molecule has 2 heterocycles. The summed E-state index contributed by atoms with van der Waals surface area (Å²) in [5, 5.41) is 15.7. The van der Waals surface area contributed by atoms with Crippen molar-refractivity contribution in [2.45, 2.75) is 64.3 Å². The third kappa shape index (κ3) is 6.62. The van der Waals surface area contributed by atoms with Gasteiger partial charge in [0, 0.05) is 31.2 Å². The lowest BCUT2D eigenvalue weighted by atomic mass is 9.99. The van der Waals surface area contributed by atoms with E-state index >= 15 is 0 Å². The minimum absolute atomic E-state index is 0.0227. The maximum atomic E-state index is 13.6. The first kappa shape index (κ1) is 28.2. The molecule has 1 unspecified atom stereocenters. The quantitative estimate of drug-likeness (QED) is 0.488. The third-order valence-electron chi connectivity index (χ3n) is 6.78. The molecule has 2 atom stereocenters. The summed E-state index contributed by atoms with van der Waals surface area (Å²) >= 11 is 6.20. The average Bonchev–Trinajstić information content (AvgIpc) is 3.51. The van der Waals surface area contributed by atoms with Crippen LogP contribution in [0, 0.1) is 0 Å². The van der Waals surface area contributed by atoms with E-state index in [1.54, 1.807) is 68.1 Å². The maximum Gasteiger partial charge on any atom is 0.411 e. The zero-order valence-electron chi connectivity index (χ0n) is 22.2. The molecule has 208 valence electrons. The maximum absolute atomic E-state index is 13.6. The van der Waals surface area contributed by atoms with Crippen LogP contribution >= 0.6 is 11.6 Å². The van der Waals surface area contributed by atoms with Crippen molar-refractivity contribution in [2.24, 2.45) is 0 Å². The number of fused-ring (bicyclic) bond motifs is 1. The molecule has 10 nitrogen and oxygen atoms in total. The Kier molecular flexibility index (Phi) is 8.34. The van der Waals surface area contributed by atoms with E-state index in [0.717, 1.165) is 11.1 Å². The number of carboxylic acid groups (broad SMARTS) is 1. The number of halogens is 1. The van der Waals surface area contributed by atoms with Gasteiger partial charge in [0.05, 0.1) is 11.6 Å². The van der Waals surface area contributed by atoms with Crippen LogP contribution in [-0.2, 0) is 27.4 Å². The molecule has 1 fully saturated rings. The standard InChI is InChI=1S/C28H33ClN4O6/c1-28(2,3)39-26(36)31-14-17-10-11-19(29)13-18(17)15-30-24(34)23-9-6-12-32(23)25(35)21-16-33(27(37)38)22-8-5-4-7-20(21)22/h4-5,7-8,10-11,13,21,23H,6,9,12,14-16H2,1-3H3,(H,30,34)(H,31,36)(H,37,38)/t21?,23-/m0/s1. The number of nitrogens with one attached hydrogen (secondary N) is 2. The Bertz CT molecular complexity index is 1280. The molecule has 0 aromatic heterocycles. The summed E-state index contributed by atoms with van der Waals surface area (Å²) in [6, 6.07) is 11.5. The van der Waals surface area contributed by atoms with Gasteiger partial charge in [-0.05, 0) is 68.5 Å². The van der Waals surface area contributed by atoms with Crippen molar-refractivity contribution in [1.82, 2.24) is 15.5 Å². The summed E-state index contributed by atoms with van der Waals surface area (Å²) in [5.41, 5.74) is 2.01. The first-order chi connectivity index (χ1) is 18.4. The Morgan fingerprint density at radius 2 is 1.77 bits per heavy atom. The van der Waals surface area contributed by atoms with Gasteiger partial charge in [-0.2, -0.15) is 0 Å². The molecule has 0 radical (unpaired) electrons. The fourth-order valence-corrected chi connectivity index (χ4v) is 5.21. The van der Waals surface area contributed by atoms with Gasteiger partial charge in [-0.3, -0.25) is 14.5 Å². The van der Waals surface area contributed by atoms with Crippen molar-refractivity contribution >= 4 is 41.3 Å². The van der Waals surface area contributed by atoms with Crippen molar-refractivity contribution in [1.29, 1.82) is 0 Å². The lowest BCUT2D eigenvalue weighted by molar-refractivity contribution is -0.139. The molecule has 2 aliphatic heterocycles. The first-order valence-corrected chi connectivity index (χ1v) is 13.2. The minimum atomic E-state index is -1.12. The molecule has 0 bridgehead atoms. The number of carbonyl (C=O) groups is 4. The van der Waals surface area contributed by atoms with Crippen molar-refractivity contribution in [3.05, 3.63) is 64.2 Å². The van der Waals surface area contributed by atoms with Gasteiger partial charge in [0.2, 0.25) is 11.8 Å². The molecule has 2 aliphatic rings. The molecule has 4 rings (SSSR count). The zero-order valence-corrected chi connectivity index (χ0v) is 23.0. The van der Waals surface area contributed by atoms with Crippen LogP contribution in [0.15, 0.2) is 42.5 Å². The van der Waals surface area contributed by atoms with Crippen molar-refractivity contribution in [3.63, 3.8) is 0 Å². The van der Waals surface area contributed by atoms with Crippen LogP contribution in [0.1, 0.15) is 56.2 Å². The molecule has 2 aromatic carbocycles. The lowest BCUT2D eigenvalue weighted by Crippen LogP contribution is -2.48. The molecule has 0 aliphatic carbocycles. The van der Waals surface area contributed by atoms with Crippen LogP contribution in [0.3, 0.4) is 0 Å². The molecule has 0 spiro atoms. The highest BCUT2D eigenvalue weighted by molar-refractivity contribution is 6.30. The molecule has 39 heavy (non-hydrogen) atoms. The van der Waals surface area contributed by atoms with Crippen LogP contribution in [0.25, 0.3) is 0 Å². The van der Waals surface area contributed by atoms with E-state index in [9.17, 15) is 24.3 Å². The van der Waals surface area contributed by atoms with E-state index in [1.165, 1.54) is 4.90 Å². The number of hydrogen-bond acceptors (Lipinski definition) is 5. The molecule has 1 saturated heterocycles. The smallest absolute Gasteiger partial charge is 0.411 e. The number of likely N-dealkylation sites (tertiary alicyclic amines) is 1. The van der Waals surface area contributed by atoms with E-state index in [0.29, 0.717) is 35.7 Å². The highest BCUT2D eigenvalue weighted by Crippen LogP contribution is 2.38. The Balaban J connectivity index is 1.42. The molecule has 3 N–H and O–H groups in total. The molecular weight excluding hydrogens is 524 g/mol. The van der Waals surface area contributed by atoms with Crippen molar-refractivity contribution in [2.75, 3.05) is 18.0 Å². The van der Waals surface area contributed by atoms with E-state index in [1.807, 2.05) is 0 Å². The second-order valence-corrected chi connectivity index (χ2v) is 11.1. The predicted octanol–water partition coefficient (Wildman–Crippen LogP) is 4.25. The van der Waals surface area contributed by atoms with Crippen molar-refractivity contribution < 1.29 is 29.0 Å². The van der Waals surface area contributed by atoms with Gasteiger partial charge >= 0.3 is 12.2 Å². The third-order valence-corrected chi connectivity index (χ3v) is 7.01. The summed E-state index contributed by atoms with van der Waals surface area (Å²) in [6.45, 7) is 6.12. The summed E-state index contributed by atoms with van der Waals surface area (Å²) in [5.74, 6) is -1.22. The summed E-state index contributed by atoms with van der Waals surface area (Å²) in [4.78, 5) is 53.4. The number of hydrogen-bond donors (Lipinski definition) is 3. The first-order valence-electron chi connectivity index (χ1n) is 12.9. The second-order valence-electron chi connectivity index (χ2n) is 10.7. The molecule has 2 aromatic rings. The van der Waals surface area contributed by atoms with E-state index < -0.39 is 29.7 Å². The van der Waals surface area contributed by atoms with Crippen LogP contribution in [0.4, 0.5) is 15.3 Å². The van der Waals surface area contributed by atoms with Crippen molar-refractivity contribution in [3.8, 4) is 0 Å². The minimum Gasteiger partial charge on any atom is -0.465 e. The fraction of sp³-hybridized carbons (Fsp3) is 0.429. The summed E-state index contributed by atoms with van der Waals surface area (Å²) < 4.78 is 5.29. The molecule has 4 amide bonds. The van der Waals surface area contributed by atoms with Crippen LogP contribution in [0.2, 0.25) is 5.02 Å². The Labute approximate surface area is 232 Å². The van der Waals surface area contributed by atoms with Gasteiger partial charge < -0.3 is 25.4 Å².